The predicted molar refractivity (Wildman–Crippen MR) is 154 cm³/mol. The number of piperazine rings is 1. The number of aromatic nitrogens is 3. The molecule has 1 fully saturated rings. The largest absolute Gasteiger partial charge is 0.491 e. The van der Waals surface area contributed by atoms with E-state index in [0.29, 0.717) is 59.7 Å². The van der Waals surface area contributed by atoms with Crippen LogP contribution in [0.4, 0.5) is 10.6 Å². The van der Waals surface area contributed by atoms with Gasteiger partial charge in [-0.05, 0) is 51.8 Å². The van der Waals surface area contributed by atoms with Crippen molar-refractivity contribution in [2.75, 3.05) is 38.3 Å². The van der Waals surface area contributed by atoms with Gasteiger partial charge in [0.15, 0.2) is 5.82 Å². The lowest BCUT2D eigenvalue weighted by molar-refractivity contribution is 0.0980. The average molecular weight is 572 g/mol. The maximum atomic E-state index is 12.4. The van der Waals surface area contributed by atoms with Crippen LogP contribution in [0.2, 0.25) is 5.02 Å². The van der Waals surface area contributed by atoms with Gasteiger partial charge < -0.3 is 28.9 Å². The topological polar surface area (TPSA) is 114 Å². The van der Waals surface area contributed by atoms with Gasteiger partial charge in [-0.2, -0.15) is 0 Å². The number of hydrogen-bond donors (Lipinski definition) is 1. The highest BCUT2D eigenvalue weighted by atomic mass is 35.5. The van der Waals surface area contributed by atoms with Gasteiger partial charge in [-0.15, -0.1) is 0 Å². The lowest BCUT2D eigenvalue weighted by Crippen LogP contribution is -2.55. The van der Waals surface area contributed by atoms with Crippen LogP contribution in [0.1, 0.15) is 50.1 Å². The highest BCUT2D eigenvalue weighted by Crippen LogP contribution is 2.37. The molecular formula is C29H38ClN5O5. The number of aryl methyl sites for hydroxylation is 2. The fourth-order valence-electron chi connectivity index (χ4n) is 5.13. The number of aliphatic hydroxyl groups excluding tert-OH is 1. The van der Waals surface area contributed by atoms with E-state index in [4.69, 9.17) is 35.6 Å². The molecule has 1 aliphatic rings. The Bertz CT molecular complexity index is 1330. The van der Waals surface area contributed by atoms with Gasteiger partial charge in [0.25, 0.3) is 0 Å². The van der Waals surface area contributed by atoms with Crippen LogP contribution in [0, 0.1) is 20.8 Å². The predicted octanol–water partition coefficient (Wildman–Crippen LogP) is 5.58. The number of ether oxygens (including phenoxy) is 2. The van der Waals surface area contributed by atoms with E-state index in [-0.39, 0.29) is 18.7 Å². The molecule has 3 heterocycles. The summed E-state index contributed by atoms with van der Waals surface area (Å²) >= 11 is 6.69. The van der Waals surface area contributed by atoms with E-state index in [1.54, 1.807) is 23.1 Å². The van der Waals surface area contributed by atoms with Crippen LogP contribution in [0.15, 0.2) is 22.7 Å². The summed E-state index contributed by atoms with van der Waals surface area (Å²) in [6.07, 6.45) is 1.43. The molecule has 4 rings (SSSR count). The van der Waals surface area contributed by atoms with E-state index in [2.05, 4.69) is 17.0 Å². The Hall–Kier alpha value is -3.37. The number of methoxy groups -OCH3 is 1. The Morgan fingerprint density at radius 3 is 2.65 bits per heavy atom. The fourth-order valence-corrected chi connectivity index (χ4v) is 5.33. The standard InChI is InChI=1S/C29H38ClN5O5/c1-7-9-21(36)16-39-22-10-11-24(30)23(14-22)27-31-26(25-18(4)33-40-19(25)5)17(3)28(32-27)34-12-13-35(29(37)38-6)20(8-2)15-34/h10-11,14,20-21,36H,7-9,12-13,15-16H2,1-6H3/t20-,21-/m1/s1. The quantitative estimate of drug-likeness (QED) is 0.351. The van der Waals surface area contributed by atoms with E-state index in [1.165, 1.54) is 7.11 Å². The van der Waals surface area contributed by atoms with Gasteiger partial charge in [0.2, 0.25) is 0 Å². The number of rotatable bonds is 9. The van der Waals surface area contributed by atoms with Crippen LogP contribution in [-0.4, -0.2) is 76.7 Å². The first-order chi connectivity index (χ1) is 19.2. The fraction of sp³-hybridized carbons (Fsp3) is 0.517. The van der Waals surface area contributed by atoms with Crippen molar-refractivity contribution in [2.45, 2.75) is 66.0 Å². The average Bonchev–Trinajstić information content (AvgIpc) is 3.29. The summed E-state index contributed by atoms with van der Waals surface area (Å²) in [6.45, 7) is 11.7. The Balaban J connectivity index is 1.79. The van der Waals surface area contributed by atoms with Crippen LogP contribution in [-0.2, 0) is 4.74 Å². The summed E-state index contributed by atoms with van der Waals surface area (Å²) in [7, 11) is 1.41. The van der Waals surface area contributed by atoms with E-state index in [9.17, 15) is 9.90 Å². The van der Waals surface area contributed by atoms with E-state index in [0.717, 1.165) is 35.5 Å². The summed E-state index contributed by atoms with van der Waals surface area (Å²) in [5.41, 5.74) is 3.74. The zero-order valence-corrected chi connectivity index (χ0v) is 24.8. The molecule has 1 aliphatic heterocycles. The number of benzene rings is 1. The minimum Gasteiger partial charge on any atom is -0.491 e. The van der Waals surface area contributed by atoms with Gasteiger partial charge in [0.05, 0.1) is 41.2 Å². The number of nitrogens with zero attached hydrogens (tertiary/aromatic N) is 5. The highest BCUT2D eigenvalue weighted by molar-refractivity contribution is 6.33. The number of hydrogen-bond acceptors (Lipinski definition) is 9. The monoisotopic (exact) mass is 571 g/mol. The minimum atomic E-state index is -0.548. The second kappa shape index (κ2) is 12.9. The number of anilines is 1. The summed E-state index contributed by atoms with van der Waals surface area (Å²) < 4.78 is 16.4. The van der Waals surface area contributed by atoms with Crippen molar-refractivity contribution >= 4 is 23.5 Å². The second-order valence-corrected chi connectivity index (χ2v) is 10.5. The first-order valence-electron chi connectivity index (χ1n) is 13.7. The Labute approximate surface area is 240 Å². The van der Waals surface area contributed by atoms with Crippen molar-refractivity contribution in [1.29, 1.82) is 0 Å². The number of carbonyl (C=O) groups excluding carboxylic acids is 1. The van der Waals surface area contributed by atoms with Crippen molar-refractivity contribution in [2.24, 2.45) is 0 Å². The molecule has 0 aliphatic carbocycles. The maximum absolute atomic E-state index is 12.4. The summed E-state index contributed by atoms with van der Waals surface area (Å²) in [5.74, 6) is 2.41. The maximum Gasteiger partial charge on any atom is 0.409 e. The molecule has 216 valence electrons. The molecule has 0 saturated carbocycles. The molecule has 10 nitrogen and oxygen atoms in total. The molecule has 1 aromatic carbocycles. The van der Waals surface area contributed by atoms with Crippen molar-refractivity contribution in [3.05, 3.63) is 40.2 Å². The van der Waals surface area contributed by atoms with Crippen molar-refractivity contribution in [3.63, 3.8) is 0 Å². The van der Waals surface area contributed by atoms with Gasteiger partial charge in [0.1, 0.15) is 23.9 Å². The molecule has 2 aromatic heterocycles. The van der Waals surface area contributed by atoms with Gasteiger partial charge in [-0.1, -0.05) is 37.0 Å². The van der Waals surface area contributed by atoms with Crippen molar-refractivity contribution < 1.29 is 23.9 Å². The summed E-state index contributed by atoms with van der Waals surface area (Å²) in [5, 5.41) is 14.8. The molecule has 3 aromatic rings. The number of amides is 1. The Morgan fingerprint density at radius 1 is 1.23 bits per heavy atom. The third kappa shape index (κ3) is 6.18. The van der Waals surface area contributed by atoms with Gasteiger partial charge in [-0.3, -0.25) is 0 Å². The SMILES string of the molecule is CCC[C@@H](O)COc1ccc(Cl)c(-c2nc(-c3c(C)noc3C)c(C)c(N3CCN(C(=O)OC)[C@H](CC)C3)n2)c1. The molecule has 11 heteroatoms. The van der Waals surface area contributed by atoms with Gasteiger partial charge >= 0.3 is 6.09 Å². The first-order valence-corrected chi connectivity index (χ1v) is 14.1. The molecule has 0 radical (unpaired) electrons. The van der Waals surface area contributed by atoms with E-state index >= 15 is 0 Å². The molecule has 1 saturated heterocycles. The highest BCUT2D eigenvalue weighted by Gasteiger charge is 2.32. The first kappa shape index (κ1) is 29.6. The third-order valence-electron chi connectivity index (χ3n) is 7.30. The molecule has 2 atom stereocenters. The van der Waals surface area contributed by atoms with Gasteiger partial charge in [0, 0.05) is 30.8 Å². The Kier molecular flexibility index (Phi) is 9.52. The van der Waals surface area contributed by atoms with E-state index < -0.39 is 6.10 Å². The number of aliphatic hydroxyl groups is 1. The van der Waals surface area contributed by atoms with Crippen LogP contribution in [0.5, 0.6) is 5.75 Å². The number of halogens is 1. The van der Waals surface area contributed by atoms with E-state index in [1.807, 2.05) is 27.7 Å². The lowest BCUT2D eigenvalue weighted by atomic mass is 10.0. The van der Waals surface area contributed by atoms with Crippen LogP contribution < -0.4 is 9.64 Å². The molecule has 0 bridgehead atoms. The van der Waals surface area contributed by atoms with Crippen molar-refractivity contribution in [1.82, 2.24) is 20.0 Å². The molecule has 40 heavy (non-hydrogen) atoms. The second-order valence-electron chi connectivity index (χ2n) is 10.1. The number of carbonyl (C=O) groups is 1. The minimum absolute atomic E-state index is 0.0311. The Morgan fingerprint density at radius 2 is 2.00 bits per heavy atom. The molecule has 1 amide bonds. The summed E-state index contributed by atoms with van der Waals surface area (Å²) in [6, 6.07) is 5.29. The molecule has 1 N–H and O–H groups in total. The molecule has 0 unspecified atom stereocenters. The summed E-state index contributed by atoms with van der Waals surface area (Å²) in [4.78, 5) is 26.3. The van der Waals surface area contributed by atoms with Gasteiger partial charge in [-0.25, -0.2) is 14.8 Å². The van der Waals surface area contributed by atoms with Crippen LogP contribution >= 0.6 is 11.6 Å². The van der Waals surface area contributed by atoms with Crippen molar-refractivity contribution in [3.8, 4) is 28.4 Å². The van der Waals surface area contributed by atoms with Crippen LogP contribution in [0.25, 0.3) is 22.6 Å². The van der Waals surface area contributed by atoms with Crippen LogP contribution in [0.3, 0.4) is 0 Å². The third-order valence-corrected chi connectivity index (χ3v) is 7.63. The zero-order valence-electron chi connectivity index (χ0n) is 24.0. The molecular weight excluding hydrogens is 534 g/mol. The zero-order chi connectivity index (χ0) is 29.0. The normalized spacial score (nSPS) is 16.2. The lowest BCUT2D eigenvalue weighted by Gasteiger charge is -2.41. The molecule has 0 spiro atoms. The smallest absolute Gasteiger partial charge is 0.409 e.